The van der Waals surface area contributed by atoms with Crippen LogP contribution in [-0.2, 0) is 11.2 Å². The average Bonchev–Trinajstić information content (AvgIpc) is 2.62. The van der Waals surface area contributed by atoms with Crippen molar-refractivity contribution in [1.82, 2.24) is 4.90 Å². The van der Waals surface area contributed by atoms with Crippen LogP contribution in [0.15, 0.2) is 30.3 Å². The summed E-state index contributed by atoms with van der Waals surface area (Å²) in [6, 6.07) is 10.7. The Morgan fingerprint density at radius 2 is 2.00 bits per heavy atom. The highest BCUT2D eigenvalue weighted by Gasteiger charge is 2.24. The van der Waals surface area contributed by atoms with Crippen LogP contribution < -0.4 is 0 Å². The smallest absolute Gasteiger partial charge is 0.125 e. The topological polar surface area (TPSA) is 32.7 Å². The number of piperidine rings is 1. The number of hydrogen-bond acceptors (Lipinski definition) is 3. The van der Waals surface area contributed by atoms with Crippen molar-refractivity contribution >= 4 is 0 Å². The zero-order valence-corrected chi connectivity index (χ0v) is 15.1. The van der Waals surface area contributed by atoms with Crippen LogP contribution in [0.5, 0.6) is 0 Å². The van der Waals surface area contributed by atoms with Crippen LogP contribution in [0.25, 0.3) is 0 Å². The molecule has 0 radical (unpaired) electrons. The van der Waals surface area contributed by atoms with Gasteiger partial charge in [0, 0.05) is 6.54 Å². The minimum absolute atomic E-state index is 0.304. The summed E-state index contributed by atoms with van der Waals surface area (Å²) in [7, 11) is 0. The second kappa shape index (κ2) is 9.22. The van der Waals surface area contributed by atoms with Crippen molar-refractivity contribution in [2.24, 2.45) is 5.92 Å². The molecule has 0 saturated carbocycles. The van der Waals surface area contributed by atoms with Crippen molar-refractivity contribution in [3.8, 4) is 12.3 Å². The first-order chi connectivity index (χ1) is 11.5. The van der Waals surface area contributed by atoms with Gasteiger partial charge in [0.1, 0.15) is 5.60 Å². The van der Waals surface area contributed by atoms with Crippen molar-refractivity contribution in [3.63, 3.8) is 0 Å². The van der Waals surface area contributed by atoms with E-state index in [1.54, 1.807) is 0 Å². The number of β-amino-alcohol motifs (C(OH)–C–C–N with tert-alkyl or cyclic N) is 1. The van der Waals surface area contributed by atoms with E-state index in [1.807, 2.05) is 13.8 Å². The number of ether oxygens (including phenoxy) is 1. The molecular weight excluding hydrogens is 298 g/mol. The molecule has 3 heteroatoms. The quantitative estimate of drug-likeness (QED) is 0.744. The summed E-state index contributed by atoms with van der Waals surface area (Å²) in [4.78, 5) is 2.34. The number of rotatable bonds is 8. The summed E-state index contributed by atoms with van der Waals surface area (Å²) in [5.74, 6) is 3.42. The lowest BCUT2D eigenvalue weighted by Gasteiger charge is -2.33. The third kappa shape index (κ3) is 5.94. The van der Waals surface area contributed by atoms with Gasteiger partial charge in [-0.05, 0) is 57.2 Å². The minimum atomic E-state index is -0.566. The lowest BCUT2D eigenvalue weighted by atomic mass is 9.90. The van der Waals surface area contributed by atoms with E-state index in [2.05, 4.69) is 41.2 Å². The van der Waals surface area contributed by atoms with Gasteiger partial charge in [-0.25, -0.2) is 0 Å². The molecule has 24 heavy (non-hydrogen) atoms. The number of aliphatic hydroxyl groups excluding tert-OH is 1. The molecule has 0 spiro atoms. The molecule has 0 bridgehead atoms. The van der Waals surface area contributed by atoms with Crippen molar-refractivity contribution in [2.75, 3.05) is 26.2 Å². The van der Waals surface area contributed by atoms with Gasteiger partial charge in [-0.15, -0.1) is 6.42 Å². The lowest BCUT2D eigenvalue weighted by molar-refractivity contribution is -0.0491. The second-order valence-electron chi connectivity index (χ2n) is 7.13. The Bertz CT molecular complexity index is 516. The molecule has 0 amide bonds. The van der Waals surface area contributed by atoms with Crippen LogP contribution in [0.4, 0.5) is 0 Å². The van der Waals surface area contributed by atoms with Crippen LogP contribution in [0.2, 0.25) is 0 Å². The minimum Gasteiger partial charge on any atom is -0.389 e. The van der Waals surface area contributed by atoms with E-state index in [4.69, 9.17) is 11.2 Å². The van der Waals surface area contributed by atoms with Gasteiger partial charge in [-0.1, -0.05) is 43.2 Å². The maximum absolute atomic E-state index is 10.2. The molecule has 0 unspecified atom stereocenters. The van der Waals surface area contributed by atoms with Crippen LogP contribution >= 0.6 is 0 Å². The fourth-order valence-corrected chi connectivity index (χ4v) is 3.20. The maximum Gasteiger partial charge on any atom is 0.125 e. The SMILES string of the molecule is C#C[C@@](C)(CC)OC[C@@H](O)CN1CCC(Cc2ccccc2)CC1. The number of terminal acetylenes is 1. The van der Waals surface area contributed by atoms with E-state index in [1.165, 1.54) is 18.4 Å². The standard InChI is InChI=1S/C21H31NO2/c1-4-21(3,5-2)24-17-20(23)16-22-13-11-19(12-14-22)15-18-9-7-6-8-10-18/h1,6-10,19-20,23H,5,11-17H2,2-3H3/t20-,21-/m0/s1. The first-order valence-corrected chi connectivity index (χ1v) is 9.10. The van der Waals surface area contributed by atoms with Crippen LogP contribution in [0.1, 0.15) is 38.7 Å². The van der Waals surface area contributed by atoms with Gasteiger partial charge in [-0.3, -0.25) is 0 Å². The zero-order chi connectivity index (χ0) is 17.4. The van der Waals surface area contributed by atoms with Gasteiger partial charge in [0.2, 0.25) is 0 Å². The largest absolute Gasteiger partial charge is 0.389 e. The van der Waals surface area contributed by atoms with Crippen LogP contribution in [-0.4, -0.2) is 48.0 Å². The molecule has 2 atom stereocenters. The third-order valence-corrected chi connectivity index (χ3v) is 5.12. The first kappa shape index (κ1) is 19.0. The summed E-state index contributed by atoms with van der Waals surface area (Å²) in [5.41, 5.74) is 0.862. The molecule has 1 aromatic rings. The Balaban J connectivity index is 1.68. The Morgan fingerprint density at radius 3 is 2.58 bits per heavy atom. The van der Waals surface area contributed by atoms with E-state index < -0.39 is 11.7 Å². The summed E-state index contributed by atoms with van der Waals surface area (Å²) in [6.07, 6.45) is 9.33. The second-order valence-corrected chi connectivity index (χ2v) is 7.13. The number of benzene rings is 1. The maximum atomic E-state index is 10.2. The van der Waals surface area contributed by atoms with Crippen LogP contribution in [0.3, 0.4) is 0 Å². The van der Waals surface area contributed by atoms with E-state index in [0.717, 1.165) is 31.8 Å². The monoisotopic (exact) mass is 329 g/mol. The molecule has 0 aliphatic carbocycles. The van der Waals surface area contributed by atoms with Crippen molar-refractivity contribution in [2.45, 2.75) is 51.2 Å². The highest BCUT2D eigenvalue weighted by Crippen LogP contribution is 2.22. The molecule has 3 nitrogen and oxygen atoms in total. The molecule has 132 valence electrons. The Labute approximate surface area is 147 Å². The first-order valence-electron chi connectivity index (χ1n) is 9.10. The van der Waals surface area contributed by atoms with Gasteiger partial charge in [0.25, 0.3) is 0 Å². The molecule has 1 N–H and O–H groups in total. The molecule has 1 aromatic carbocycles. The van der Waals surface area contributed by atoms with Gasteiger partial charge in [-0.2, -0.15) is 0 Å². The van der Waals surface area contributed by atoms with E-state index >= 15 is 0 Å². The number of aliphatic hydroxyl groups is 1. The van der Waals surface area contributed by atoms with E-state index in [0.29, 0.717) is 13.2 Å². The molecule has 0 aromatic heterocycles. The fourth-order valence-electron chi connectivity index (χ4n) is 3.20. The van der Waals surface area contributed by atoms with Crippen molar-refractivity contribution in [3.05, 3.63) is 35.9 Å². The Kier molecular flexibility index (Phi) is 7.30. The van der Waals surface area contributed by atoms with Crippen molar-refractivity contribution < 1.29 is 9.84 Å². The van der Waals surface area contributed by atoms with Gasteiger partial charge >= 0.3 is 0 Å². The summed E-state index contributed by atoms with van der Waals surface area (Å²) >= 11 is 0. The Morgan fingerprint density at radius 1 is 1.33 bits per heavy atom. The van der Waals surface area contributed by atoms with Gasteiger partial charge < -0.3 is 14.7 Å². The van der Waals surface area contributed by atoms with Gasteiger partial charge in [0.15, 0.2) is 0 Å². The molecule has 1 aliphatic heterocycles. The lowest BCUT2D eigenvalue weighted by Crippen LogP contribution is -2.41. The Hall–Kier alpha value is -1.34. The molecule has 1 heterocycles. The predicted molar refractivity (Wildman–Crippen MR) is 98.8 cm³/mol. The highest BCUT2D eigenvalue weighted by atomic mass is 16.5. The third-order valence-electron chi connectivity index (χ3n) is 5.12. The number of likely N-dealkylation sites (tertiary alicyclic amines) is 1. The molecule has 1 aliphatic rings. The fraction of sp³-hybridized carbons (Fsp3) is 0.619. The zero-order valence-electron chi connectivity index (χ0n) is 15.1. The highest BCUT2D eigenvalue weighted by molar-refractivity contribution is 5.15. The van der Waals surface area contributed by atoms with Crippen molar-refractivity contribution in [1.29, 1.82) is 0 Å². The average molecular weight is 329 g/mol. The van der Waals surface area contributed by atoms with E-state index in [-0.39, 0.29) is 0 Å². The predicted octanol–water partition coefficient (Wildman–Crippen LogP) is 3.12. The normalized spacial score (nSPS) is 20.2. The summed E-state index contributed by atoms with van der Waals surface area (Å²) in [5, 5.41) is 10.2. The number of nitrogens with zero attached hydrogens (tertiary/aromatic N) is 1. The molecule has 1 saturated heterocycles. The molecule has 2 rings (SSSR count). The molecule has 1 fully saturated rings. The molecular formula is C21H31NO2. The van der Waals surface area contributed by atoms with Gasteiger partial charge in [0.05, 0.1) is 12.7 Å². The summed E-state index contributed by atoms with van der Waals surface area (Å²) < 4.78 is 5.72. The number of hydrogen-bond donors (Lipinski definition) is 1. The van der Waals surface area contributed by atoms with Crippen LogP contribution in [0, 0.1) is 18.3 Å². The van der Waals surface area contributed by atoms with E-state index in [9.17, 15) is 5.11 Å². The summed E-state index contributed by atoms with van der Waals surface area (Å²) in [6.45, 7) is 6.98.